The van der Waals surface area contributed by atoms with E-state index in [1.54, 1.807) is 0 Å². The van der Waals surface area contributed by atoms with Gasteiger partial charge in [-0.2, -0.15) is 0 Å². The van der Waals surface area contributed by atoms with Crippen LogP contribution in [0.3, 0.4) is 0 Å². The van der Waals surface area contributed by atoms with Gasteiger partial charge in [-0.05, 0) is 41.0 Å². The molecule has 0 heterocycles. The summed E-state index contributed by atoms with van der Waals surface area (Å²) in [5.74, 6) is -1.23. The Hall–Kier alpha value is -3.35. The number of carboxylic acids is 1. The molecule has 2 N–H and O–H groups in total. The number of hydrogen-bond acceptors (Lipinski definition) is 4. The third kappa shape index (κ3) is 5.84. The monoisotopic (exact) mass is 478 g/mol. The highest BCUT2D eigenvalue weighted by Gasteiger charge is 2.31. The van der Waals surface area contributed by atoms with Gasteiger partial charge in [-0.15, -0.1) is 0 Å². The summed E-state index contributed by atoms with van der Waals surface area (Å²) in [5, 5.41) is 12.1. The normalized spacial score (nSPS) is 15.8. The molecule has 2 aliphatic carbocycles. The summed E-state index contributed by atoms with van der Waals surface area (Å²) in [4.78, 5) is 38.3. The number of benzene rings is 2. The first kappa shape index (κ1) is 24.8. The molecule has 0 aliphatic heterocycles. The highest BCUT2D eigenvalue weighted by atomic mass is 16.5. The molecule has 1 saturated carbocycles. The molecule has 0 aromatic heterocycles. The fourth-order valence-corrected chi connectivity index (χ4v) is 5.38. The second-order valence-corrected chi connectivity index (χ2v) is 9.54. The van der Waals surface area contributed by atoms with Crippen molar-refractivity contribution in [3.63, 3.8) is 0 Å². The number of aliphatic carboxylic acids is 1. The maximum absolute atomic E-state index is 12.9. The average molecular weight is 479 g/mol. The van der Waals surface area contributed by atoms with E-state index in [1.807, 2.05) is 31.2 Å². The quantitative estimate of drug-likeness (QED) is 0.512. The lowest BCUT2D eigenvalue weighted by atomic mass is 9.98. The predicted octanol–water partition coefficient (Wildman–Crippen LogP) is 4.80. The maximum Gasteiger partial charge on any atom is 0.407 e. The molecule has 2 amide bonds. The van der Waals surface area contributed by atoms with Gasteiger partial charge in [0.05, 0.1) is 0 Å². The van der Waals surface area contributed by atoms with E-state index in [1.165, 1.54) is 16.0 Å². The Labute approximate surface area is 206 Å². The molecular formula is C28H34N2O5. The smallest absolute Gasteiger partial charge is 0.407 e. The van der Waals surface area contributed by atoms with Crippen LogP contribution >= 0.6 is 0 Å². The van der Waals surface area contributed by atoms with Crippen LogP contribution in [0, 0.1) is 5.92 Å². The van der Waals surface area contributed by atoms with Crippen molar-refractivity contribution in [1.82, 2.24) is 10.2 Å². The summed E-state index contributed by atoms with van der Waals surface area (Å²) in [6.07, 6.45) is 4.16. The van der Waals surface area contributed by atoms with Crippen LogP contribution in [-0.2, 0) is 14.3 Å². The van der Waals surface area contributed by atoms with Crippen LogP contribution in [-0.4, -0.2) is 53.7 Å². The molecule has 186 valence electrons. The van der Waals surface area contributed by atoms with E-state index in [9.17, 15) is 19.5 Å². The van der Waals surface area contributed by atoms with Gasteiger partial charge in [-0.25, -0.2) is 4.79 Å². The molecule has 2 aromatic rings. The van der Waals surface area contributed by atoms with Crippen LogP contribution in [0.4, 0.5) is 4.79 Å². The van der Waals surface area contributed by atoms with E-state index in [0.29, 0.717) is 13.0 Å². The van der Waals surface area contributed by atoms with Crippen LogP contribution in [0.1, 0.15) is 62.5 Å². The molecule has 0 saturated heterocycles. The molecular weight excluding hydrogens is 444 g/mol. The van der Waals surface area contributed by atoms with Gasteiger partial charge in [-0.3, -0.25) is 9.59 Å². The average Bonchev–Trinajstić information content (AvgIpc) is 3.50. The van der Waals surface area contributed by atoms with Crippen molar-refractivity contribution in [2.75, 3.05) is 19.7 Å². The molecule has 0 radical (unpaired) electrons. The van der Waals surface area contributed by atoms with Crippen LogP contribution in [0.15, 0.2) is 48.5 Å². The molecule has 7 heteroatoms. The predicted molar refractivity (Wildman–Crippen MR) is 133 cm³/mol. The van der Waals surface area contributed by atoms with Crippen molar-refractivity contribution in [2.24, 2.45) is 5.92 Å². The topological polar surface area (TPSA) is 95.9 Å². The van der Waals surface area contributed by atoms with E-state index >= 15 is 0 Å². The van der Waals surface area contributed by atoms with E-state index in [0.717, 1.165) is 36.8 Å². The number of amides is 2. The molecule has 0 spiro atoms. The van der Waals surface area contributed by atoms with Gasteiger partial charge in [0.1, 0.15) is 13.2 Å². The lowest BCUT2D eigenvalue weighted by molar-refractivity contribution is -0.146. The number of nitrogens with zero attached hydrogens (tertiary/aromatic N) is 1. The molecule has 1 atom stereocenters. The first-order chi connectivity index (χ1) is 17.0. The SMILES string of the molecule is CCC(CNC(=O)OCC1c2ccccc2-c2ccccc21)CC(=O)N(CC(=O)O)C1CCCC1. The van der Waals surface area contributed by atoms with Crippen LogP contribution in [0.5, 0.6) is 0 Å². The Morgan fingerprint density at radius 3 is 2.20 bits per heavy atom. The Morgan fingerprint density at radius 2 is 1.63 bits per heavy atom. The van der Waals surface area contributed by atoms with Gasteiger partial charge in [-0.1, -0.05) is 74.7 Å². The van der Waals surface area contributed by atoms with Crippen molar-refractivity contribution in [3.05, 3.63) is 59.7 Å². The van der Waals surface area contributed by atoms with Crippen molar-refractivity contribution in [3.8, 4) is 11.1 Å². The Morgan fingerprint density at radius 1 is 1.03 bits per heavy atom. The third-order valence-electron chi connectivity index (χ3n) is 7.31. The fraction of sp³-hybridized carbons (Fsp3) is 0.464. The van der Waals surface area contributed by atoms with Gasteiger partial charge < -0.3 is 20.1 Å². The van der Waals surface area contributed by atoms with Crippen molar-refractivity contribution in [1.29, 1.82) is 0 Å². The largest absolute Gasteiger partial charge is 0.480 e. The Kier molecular flexibility index (Phi) is 8.06. The molecule has 2 aromatic carbocycles. The number of hydrogen-bond donors (Lipinski definition) is 2. The maximum atomic E-state index is 12.9. The second-order valence-electron chi connectivity index (χ2n) is 9.54. The summed E-state index contributed by atoms with van der Waals surface area (Å²) in [6, 6.07) is 16.4. The summed E-state index contributed by atoms with van der Waals surface area (Å²) in [5.41, 5.74) is 4.66. The number of carbonyl (C=O) groups is 3. The zero-order chi connectivity index (χ0) is 24.8. The molecule has 35 heavy (non-hydrogen) atoms. The number of fused-ring (bicyclic) bond motifs is 3. The van der Waals surface area contributed by atoms with Crippen LogP contribution in [0.2, 0.25) is 0 Å². The summed E-state index contributed by atoms with van der Waals surface area (Å²) < 4.78 is 5.60. The van der Waals surface area contributed by atoms with Crippen molar-refractivity contribution in [2.45, 2.75) is 57.4 Å². The molecule has 1 unspecified atom stereocenters. The number of nitrogens with one attached hydrogen (secondary N) is 1. The van der Waals surface area contributed by atoms with Crippen LogP contribution < -0.4 is 5.32 Å². The summed E-state index contributed by atoms with van der Waals surface area (Å²) in [6.45, 7) is 2.25. The van der Waals surface area contributed by atoms with Gasteiger partial charge >= 0.3 is 12.1 Å². The molecule has 4 rings (SSSR count). The first-order valence-electron chi connectivity index (χ1n) is 12.6. The van der Waals surface area contributed by atoms with Crippen molar-refractivity contribution < 1.29 is 24.2 Å². The number of alkyl carbamates (subject to hydrolysis) is 1. The third-order valence-corrected chi connectivity index (χ3v) is 7.31. The van der Waals surface area contributed by atoms with E-state index in [2.05, 4.69) is 29.6 Å². The minimum Gasteiger partial charge on any atom is -0.480 e. The standard InChI is InChI=1S/C28H34N2O5/c1-2-19(15-26(31)30(17-27(32)33)20-9-3-4-10-20)16-29-28(34)35-18-25-23-13-7-5-11-21(23)22-12-6-8-14-24(22)25/h5-8,11-14,19-20,25H,2-4,9-10,15-18H2,1H3,(H,29,34)(H,32,33). The highest BCUT2D eigenvalue weighted by Crippen LogP contribution is 2.44. The van der Waals surface area contributed by atoms with E-state index in [-0.39, 0.29) is 43.4 Å². The summed E-state index contributed by atoms with van der Waals surface area (Å²) >= 11 is 0. The molecule has 0 bridgehead atoms. The number of carbonyl (C=O) groups excluding carboxylic acids is 2. The molecule has 2 aliphatic rings. The lowest BCUT2D eigenvalue weighted by Gasteiger charge is -2.29. The Bertz CT molecular complexity index is 1020. The van der Waals surface area contributed by atoms with Gasteiger partial charge in [0.25, 0.3) is 0 Å². The lowest BCUT2D eigenvalue weighted by Crippen LogP contribution is -2.43. The van der Waals surface area contributed by atoms with E-state index in [4.69, 9.17) is 4.74 Å². The van der Waals surface area contributed by atoms with Gasteiger partial charge in [0.15, 0.2) is 0 Å². The molecule has 7 nitrogen and oxygen atoms in total. The minimum absolute atomic E-state index is 0.00574. The van der Waals surface area contributed by atoms with Crippen molar-refractivity contribution >= 4 is 18.0 Å². The first-order valence-corrected chi connectivity index (χ1v) is 12.6. The van der Waals surface area contributed by atoms with Crippen LogP contribution in [0.25, 0.3) is 11.1 Å². The fourth-order valence-electron chi connectivity index (χ4n) is 5.38. The minimum atomic E-state index is -0.991. The highest BCUT2D eigenvalue weighted by molar-refractivity contribution is 5.82. The zero-order valence-electron chi connectivity index (χ0n) is 20.2. The number of rotatable bonds is 10. The van der Waals surface area contributed by atoms with Gasteiger partial charge in [0, 0.05) is 24.9 Å². The summed E-state index contributed by atoms with van der Waals surface area (Å²) in [7, 11) is 0. The zero-order valence-corrected chi connectivity index (χ0v) is 20.2. The second kappa shape index (κ2) is 11.4. The Balaban J connectivity index is 1.30. The number of carboxylic acid groups (broad SMARTS) is 1. The van der Waals surface area contributed by atoms with Gasteiger partial charge in [0.2, 0.25) is 5.91 Å². The molecule has 1 fully saturated rings. The number of ether oxygens (including phenoxy) is 1. The van der Waals surface area contributed by atoms with E-state index < -0.39 is 12.1 Å².